The van der Waals surface area contributed by atoms with Crippen molar-refractivity contribution in [3.05, 3.63) is 46.8 Å². The van der Waals surface area contributed by atoms with Crippen molar-refractivity contribution in [1.29, 1.82) is 0 Å². The molecule has 0 radical (unpaired) electrons. The lowest BCUT2D eigenvalue weighted by atomic mass is 9.93. The lowest BCUT2D eigenvalue weighted by Gasteiger charge is -2.21. The van der Waals surface area contributed by atoms with Gasteiger partial charge < -0.3 is 10.2 Å². The third-order valence-electron chi connectivity index (χ3n) is 4.92. The van der Waals surface area contributed by atoms with Gasteiger partial charge in [0.1, 0.15) is 10.4 Å². The van der Waals surface area contributed by atoms with Gasteiger partial charge in [0.25, 0.3) is 11.8 Å². The summed E-state index contributed by atoms with van der Waals surface area (Å²) in [5.74, 6) is -0.976. The fourth-order valence-electron chi connectivity index (χ4n) is 3.18. The maximum Gasteiger partial charge on any atom is 0.344 e. The number of nitrogens with zero attached hydrogens (tertiary/aromatic N) is 3. The van der Waals surface area contributed by atoms with Crippen molar-refractivity contribution < 1.29 is 14.4 Å². The van der Waals surface area contributed by atoms with Gasteiger partial charge in [0.15, 0.2) is 5.13 Å². The Balaban J connectivity index is 1.44. The number of imide groups is 1. The molecule has 156 valence electrons. The Hall–Kier alpha value is -2.98. The molecule has 2 aromatic heterocycles. The van der Waals surface area contributed by atoms with Gasteiger partial charge in [-0.25, -0.2) is 9.78 Å². The number of carbonyl (C=O) groups excluding carboxylic acids is 3. The zero-order chi connectivity index (χ0) is 21.5. The largest absolute Gasteiger partial charge is 0.354 e. The van der Waals surface area contributed by atoms with Crippen molar-refractivity contribution in [2.45, 2.75) is 25.3 Å². The average molecular weight is 444 g/mol. The molecule has 1 aliphatic heterocycles. The number of hydrogen-bond donors (Lipinski definition) is 2. The number of carbonyl (C=O) groups is 3. The molecule has 0 bridgehead atoms. The number of aromatic nitrogens is 1. The van der Waals surface area contributed by atoms with Gasteiger partial charge in [0, 0.05) is 14.1 Å². The standard InChI is InChI=1S/C20H21N5O3S2/c1-20(10-9-12-7-5-4-6-8-12)17(27)25(18(28)22-20)23-15(26)13-11-14-16(29-13)21-19(30-14)24(2)3/h4-8,11H,9-10H2,1-3H3,(H,22,28)(H,23,26). The first-order valence-electron chi connectivity index (χ1n) is 9.36. The van der Waals surface area contributed by atoms with E-state index >= 15 is 0 Å². The summed E-state index contributed by atoms with van der Waals surface area (Å²) in [6.07, 6.45) is 1.06. The van der Waals surface area contributed by atoms with Crippen LogP contribution in [0.5, 0.6) is 0 Å². The number of hydrogen-bond acceptors (Lipinski definition) is 7. The molecule has 1 aliphatic rings. The van der Waals surface area contributed by atoms with Crippen LogP contribution in [0.2, 0.25) is 0 Å². The van der Waals surface area contributed by atoms with Crippen LogP contribution in [0.25, 0.3) is 9.53 Å². The van der Waals surface area contributed by atoms with Gasteiger partial charge in [0.05, 0.1) is 9.58 Å². The molecule has 0 aliphatic carbocycles. The van der Waals surface area contributed by atoms with Gasteiger partial charge in [-0.1, -0.05) is 41.7 Å². The molecule has 0 spiro atoms. The molecule has 4 amide bonds. The van der Waals surface area contributed by atoms with Gasteiger partial charge in [-0.15, -0.1) is 11.3 Å². The van der Waals surface area contributed by atoms with Crippen molar-refractivity contribution in [3.8, 4) is 0 Å². The number of rotatable bonds is 6. The zero-order valence-electron chi connectivity index (χ0n) is 16.8. The van der Waals surface area contributed by atoms with Crippen molar-refractivity contribution in [3.63, 3.8) is 0 Å². The van der Waals surface area contributed by atoms with Crippen LogP contribution in [0, 0.1) is 0 Å². The summed E-state index contributed by atoms with van der Waals surface area (Å²) >= 11 is 2.70. The number of urea groups is 1. The van der Waals surface area contributed by atoms with Gasteiger partial charge in [-0.3, -0.25) is 15.0 Å². The van der Waals surface area contributed by atoms with Gasteiger partial charge in [-0.2, -0.15) is 5.01 Å². The smallest absolute Gasteiger partial charge is 0.344 e. The summed E-state index contributed by atoms with van der Waals surface area (Å²) < 4.78 is 0.888. The summed E-state index contributed by atoms with van der Waals surface area (Å²) in [5, 5.41) is 4.34. The van der Waals surface area contributed by atoms with Crippen LogP contribution in [0.4, 0.5) is 9.93 Å². The molecular weight excluding hydrogens is 422 g/mol. The number of anilines is 1. The molecule has 1 unspecified atom stereocenters. The number of amides is 4. The molecule has 30 heavy (non-hydrogen) atoms. The highest BCUT2D eigenvalue weighted by molar-refractivity contribution is 7.29. The number of thiophene rings is 1. The first kappa shape index (κ1) is 20.3. The predicted molar refractivity (Wildman–Crippen MR) is 118 cm³/mol. The quantitative estimate of drug-likeness (QED) is 0.571. The van der Waals surface area contributed by atoms with E-state index in [1.54, 1.807) is 13.0 Å². The summed E-state index contributed by atoms with van der Waals surface area (Å²) in [6.45, 7) is 1.68. The molecule has 3 heterocycles. The summed E-state index contributed by atoms with van der Waals surface area (Å²) in [4.78, 5) is 45.5. The third kappa shape index (κ3) is 3.75. The molecule has 2 N–H and O–H groups in total. The number of aryl methyl sites for hydroxylation is 1. The lowest BCUT2D eigenvalue weighted by Crippen LogP contribution is -2.48. The topological polar surface area (TPSA) is 94.6 Å². The Morgan fingerprint density at radius 3 is 2.63 bits per heavy atom. The van der Waals surface area contributed by atoms with E-state index in [0.29, 0.717) is 17.7 Å². The first-order valence-corrected chi connectivity index (χ1v) is 11.0. The minimum atomic E-state index is -1.07. The molecule has 1 fully saturated rings. The molecule has 0 saturated carbocycles. The highest BCUT2D eigenvalue weighted by atomic mass is 32.1. The molecule has 4 rings (SSSR count). The number of nitrogens with one attached hydrogen (secondary N) is 2. The van der Waals surface area contributed by atoms with Gasteiger partial charge in [-0.05, 0) is 31.4 Å². The molecule has 1 saturated heterocycles. The van der Waals surface area contributed by atoms with Crippen LogP contribution in [0.15, 0.2) is 36.4 Å². The molecule has 1 atom stereocenters. The Labute approximate surface area is 181 Å². The van der Waals surface area contributed by atoms with E-state index in [0.717, 1.165) is 25.2 Å². The number of thiazole rings is 1. The molecule has 1 aromatic carbocycles. The van der Waals surface area contributed by atoms with Crippen molar-refractivity contribution in [1.82, 2.24) is 20.7 Å². The van der Waals surface area contributed by atoms with Crippen LogP contribution < -0.4 is 15.6 Å². The Morgan fingerprint density at radius 1 is 1.23 bits per heavy atom. The minimum absolute atomic E-state index is 0.396. The van der Waals surface area contributed by atoms with Crippen LogP contribution in [-0.2, 0) is 11.2 Å². The van der Waals surface area contributed by atoms with E-state index in [1.165, 1.54) is 22.7 Å². The van der Waals surface area contributed by atoms with Gasteiger partial charge in [0.2, 0.25) is 0 Å². The van der Waals surface area contributed by atoms with Crippen LogP contribution in [-0.4, -0.2) is 47.5 Å². The van der Waals surface area contributed by atoms with E-state index in [2.05, 4.69) is 15.7 Å². The van der Waals surface area contributed by atoms with Crippen LogP contribution in [0.3, 0.4) is 0 Å². The molecule has 8 nitrogen and oxygen atoms in total. The van der Waals surface area contributed by atoms with E-state index in [1.807, 2.05) is 49.3 Å². The Bertz CT molecular complexity index is 1090. The second kappa shape index (κ2) is 7.69. The summed E-state index contributed by atoms with van der Waals surface area (Å²) in [6, 6.07) is 10.8. The van der Waals surface area contributed by atoms with Crippen LogP contribution >= 0.6 is 22.7 Å². The SMILES string of the molecule is CN(C)c1nc2sc(C(=O)NN3C(=O)NC(C)(CCc4ccccc4)C3=O)cc2s1. The molecular formula is C20H21N5O3S2. The van der Waals surface area contributed by atoms with Crippen molar-refractivity contribution >= 4 is 55.2 Å². The monoisotopic (exact) mass is 443 g/mol. The molecule has 3 aromatic rings. The van der Waals surface area contributed by atoms with E-state index < -0.39 is 23.4 Å². The maximum absolute atomic E-state index is 12.9. The number of fused-ring (bicyclic) bond motifs is 1. The fraction of sp³-hybridized carbons (Fsp3) is 0.300. The summed E-state index contributed by atoms with van der Waals surface area (Å²) in [5.41, 5.74) is 2.45. The zero-order valence-corrected chi connectivity index (χ0v) is 18.4. The van der Waals surface area contributed by atoms with E-state index in [-0.39, 0.29) is 0 Å². The van der Waals surface area contributed by atoms with Crippen molar-refractivity contribution in [2.75, 3.05) is 19.0 Å². The van der Waals surface area contributed by atoms with E-state index in [9.17, 15) is 14.4 Å². The van der Waals surface area contributed by atoms with E-state index in [4.69, 9.17) is 0 Å². The number of benzene rings is 1. The van der Waals surface area contributed by atoms with Crippen LogP contribution in [0.1, 0.15) is 28.6 Å². The fourth-order valence-corrected chi connectivity index (χ4v) is 5.20. The number of hydrazine groups is 1. The first-order chi connectivity index (χ1) is 14.3. The third-order valence-corrected chi connectivity index (χ3v) is 7.24. The Morgan fingerprint density at radius 2 is 1.97 bits per heavy atom. The van der Waals surface area contributed by atoms with Gasteiger partial charge >= 0.3 is 6.03 Å². The highest BCUT2D eigenvalue weighted by Crippen LogP contribution is 2.34. The minimum Gasteiger partial charge on any atom is -0.354 e. The second-order valence-electron chi connectivity index (χ2n) is 7.50. The highest BCUT2D eigenvalue weighted by Gasteiger charge is 2.48. The van der Waals surface area contributed by atoms with Crippen molar-refractivity contribution in [2.24, 2.45) is 0 Å². The average Bonchev–Trinajstić information content (AvgIpc) is 3.35. The summed E-state index contributed by atoms with van der Waals surface area (Å²) in [7, 11) is 3.81. The predicted octanol–water partition coefficient (Wildman–Crippen LogP) is 3.01. The Kier molecular flexibility index (Phi) is 5.20. The lowest BCUT2D eigenvalue weighted by molar-refractivity contribution is -0.132. The normalized spacial score (nSPS) is 18.7. The molecule has 10 heteroatoms. The maximum atomic E-state index is 12.9. The second-order valence-corrected chi connectivity index (χ2v) is 9.54.